The van der Waals surface area contributed by atoms with Crippen molar-refractivity contribution in [2.45, 2.75) is 64.7 Å². The van der Waals surface area contributed by atoms with Crippen LogP contribution in [0.25, 0.3) is 11.1 Å². The molecule has 2 aromatic rings. The number of aliphatic hydroxyl groups is 1. The van der Waals surface area contributed by atoms with Gasteiger partial charge in [0.2, 0.25) is 0 Å². The third kappa shape index (κ3) is 9.26. The lowest BCUT2D eigenvalue weighted by Gasteiger charge is -2.23. The first-order valence-corrected chi connectivity index (χ1v) is 14.1. The van der Waals surface area contributed by atoms with E-state index in [9.17, 15) is 14.7 Å². The lowest BCUT2D eigenvalue weighted by molar-refractivity contribution is -0.140. The number of hydrogen-bond donors (Lipinski definition) is 1. The second-order valence-corrected chi connectivity index (χ2v) is 10.3. The van der Waals surface area contributed by atoms with E-state index in [1.54, 1.807) is 13.8 Å². The third-order valence-electron chi connectivity index (χ3n) is 6.87. The molecular formula is C33H42O7. The molecule has 1 aliphatic rings. The van der Waals surface area contributed by atoms with Gasteiger partial charge in [-0.15, -0.1) is 0 Å². The molecule has 0 saturated heterocycles. The lowest BCUT2D eigenvalue weighted by atomic mass is 9.83. The predicted molar refractivity (Wildman–Crippen MR) is 156 cm³/mol. The van der Waals surface area contributed by atoms with Crippen LogP contribution in [0.4, 0.5) is 0 Å². The summed E-state index contributed by atoms with van der Waals surface area (Å²) in [6, 6.07) is 12.4. The molecule has 0 radical (unpaired) electrons. The fraction of sp³-hybridized carbons (Fsp3) is 0.455. The van der Waals surface area contributed by atoms with Crippen molar-refractivity contribution in [1.29, 1.82) is 0 Å². The summed E-state index contributed by atoms with van der Waals surface area (Å²) >= 11 is 0. The van der Waals surface area contributed by atoms with E-state index in [2.05, 4.69) is 37.4 Å². The molecule has 7 nitrogen and oxygen atoms in total. The van der Waals surface area contributed by atoms with Crippen LogP contribution in [0.15, 0.2) is 60.7 Å². The zero-order valence-electron chi connectivity index (χ0n) is 23.8. The average molecular weight is 551 g/mol. The summed E-state index contributed by atoms with van der Waals surface area (Å²) in [4.78, 5) is 23.6. The Labute approximate surface area is 237 Å². The molecule has 1 aliphatic carbocycles. The van der Waals surface area contributed by atoms with Crippen LogP contribution in [0.2, 0.25) is 0 Å². The van der Waals surface area contributed by atoms with E-state index in [1.165, 1.54) is 37.7 Å². The first-order chi connectivity index (χ1) is 19.3. The smallest absolute Gasteiger partial charge is 0.333 e. The summed E-state index contributed by atoms with van der Waals surface area (Å²) in [6.45, 7) is 10.9. The van der Waals surface area contributed by atoms with Crippen LogP contribution in [0.1, 0.15) is 69.4 Å². The molecule has 0 aliphatic heterocycles. The maximum Gasteiger partial charge on any atom is 0.333 e. The molecule has 1 saturated carbocycles. The molecule has 2 aromatic carbocycles. The van der Waals surface area contributed by atoms with Crippen molar-refractivity contribution in [1.82, 2.24) is 0 Å². The summed E-state index contributed by atoms with van der Waals surface area (Å²) < 4.78 is 22.8. The van der Waals surface area contributed by atoms with Crippen molar-refractivity contribution in [2.75, 3.05) is 33.0 Å². The number of carbonyl (C=O) groups excluding carboxylic acids is 2. The maximum atomic E-state index is 11.8. The highest BCUT2D eigenvalue weighted by atomic mass is 16.6. The van der Waals surface area contributed by atoms with Crippen LogP contribution in [-0.2, 0) is 25.5 Å². The number of benzene rings is 2. The van der Waals surface area contributed by atoms with Gasteiger partial charge in [0.05, 0.1) is 5.56 Å². The van der Waals surface area contributed by atoms with Crippen molar-refractivity contribution in [3.05, 3.63) is 71.8 Å². The van der Waals surface area contributed by atoms with Crippen LogP contribution < -0.4 is 9.47 Å². The van der Waals surface area contributed by atoms with Crippen molar-refractivity contribution in [2.24, 2.45) is 0 Å². The van der Waals surface area contributed by atoms with Crippen LogP contribution in [0, 0.1) is 0 Å². The molecule has 1 N–H and O–H groups in total. The summed E-state index contributed by atoms with van der Waals surface area (Å²) in [7, 11) is 0. The molecule has 0 aromatic heterocycles. The Morgan fingerprint density at radius 1 is 0.825 bits per heavy atom. The predicted octanol–water partition coefficient (Wildman–Crippen LogP) is 6.32. The van der Waals surface area contributed by atoms with Gasteiger partial charge in [0.1, 0.15) is 37.9 Å². The second-order valence-electron chi connectivity index (χ2n) is 10.3. The van der Waals surface area contributed by atoms with E-state index < -0.39 is 11.9 Å². The Hall–Kier alpha value is -3.58. The summed E-state index contributed by atoms with van der Waals surface area (Å²) in [6.07, 6.45) is 7.48. The average Bonchev–Trinajstić information content (AvgIpc) is 2.96. The molecule has 0 bridgehead atoms. The third-order valence-corrected chi connectivity index (χ3v) is 6.87. The van der Waals surface area contributed by atoms with E-state index in [0.717, 1.165) is 16.7 Å². The van der Waals surface area contributed by atoms with Crippen LogP contribution in [-0.4, -0.2) is 50.1 Å². The van der Waals surface area contributed by atoms with Gasteiger partial charge in [-0.1, -0.05) is 56.7 Å². The first-order valence-electron chi connectivity index (χ1n) is 14.1. The van der Waals surface area contributed by atoms with E-state index >= 15 is 0 Å². The largest absolute Gasteiger partial charge is 0.489 e. The van der Waals surface area contributed by atoms with Gasteiger partial charge in [0.25, 0.3) is 0 Å². The lowest BCUT2D eigenvalue weighted by Crippen LogP contribution is -2.14. The standard InChI is InChI=1S/C33H42O7/c1-23(2)32(35)39-19-17-37-29-21-25(9-8-16-34)22-30(38-18-20-40-33(36)24(3)4)31(29)28-14-12-27(13-15-28)26-10-6-5-7-11-26/h12-15,21-22,26,34H,1,3,5-11,16-20H2,2,4H3. The van der Waals surface area contributed by atoms with Gasteiger partial charge < -0.3 is 24.1 Å². The highest BCUT2D eigenvalue weighted by Gasteiger charge is 2.19. The minimum Gasteiger partial charge on any atom is -0.489 e. The Balaban J connectivity index is 1.90. The van der Waals surface area contributed by atoms with Gasteiger partial charge in [-0.25, -0.2) is 9.59 Å². The molecule has 0 unspecified atom stereocenters. The molecule has 7 heteroatoms. The minimum absolute atomic E-state index is 0.0600. The quantitative estimate of drug-likeness (QED) is 0.158. The molecule has 40 heavy (non-hydrogen) atoms. The van der Waals surface area contributed by atoms with Gasteiger partial charge in [0, 0.05) is 17.8 Å². The summed E-state index contributed by atoms with van der Waals surface area (Å²) in [5.41, 5.74) is 4.61. The zero-order valence-corrected chi connectivity index (χ0v) is 23.8. The number of aliphatic hydroxyl groups excluding tert-OH is 1. The Morgan fingerprint density at radius 2 is 1.35 bits per heavy atom. The van der Waals surface area contributed by atoms with Crippen LogP contribution in [0.3, 0.4) is 0 Å². The normalized spacial score (nSPS) is 13.4. The highest BCUT2D eigenvalue weighted by Crippen LogP contribution is 2.41. The Kier molecular flexibility index (Phi) is 12.3. The summed E-state index contributed by atoms with van der Waals surface area (Å²) in [5, 5.41) is 9.40. The van der Waals surface area contributed by atoms with Gasteiger partial charge in [0.15, 0.2) is 0 Å². The number of aryl methyl sites for hydroxylation is 1. The molecule has 0 spiro atoms. The maximum absolute atomic E-state index is 11.8. The van der Waals surface area contributed by atoms with Crippen molar-refractivity contribution >= 4 is 11.9 Å². The minimum atomic E-state index is -0.466. The van der Waals surface area contributed by atoms with E-state index in [-0.39, 0.29) is 33.0 Å². The number of hydrogen-bond acceptors (Lipinski definition) is 7. The van der Waals surface area contributed by atoms with Crippen LogP contribution in [0.5, 0.6) is 11.5 Å². The fourth-order valence-electron chi connectivity index (χ4n) is 4.76. The second kappa shape index (κ2) is 15.9. The fourth-order valence-corrected chi connectivity index (χ4v) is 4.76. The molecule has 1 fully saturated rings. The summed E-state index contributed by atoms with van der Waals surface area (Å²) in [5.74, 6) is 0.822. The molecule has 3 rings (SSSR count). The monoisotopic (exact) mass is 550 g/mol. The number of rotatable bonds is 15. The zero-order chi connectivity index (χ0) is 28.9. The van der Waals surface area contributed by atoms with Gasteiger partial charge in [-0.2, -0.15) is 0 Å². The SMILES string of the molecule is C=C(C)C(=O)OCCOc1cc(CCCO)cc(OCCOC(=O)C(=C)C)c1-c1ccc(C2CCCCC2)cc1. The number of esters is 2. The number of carbonyl (C=O) groups is 2. The van der Waals surface area contributed by atoms with Crippen molar-refractivity contribution in [3.63, 3.8) is 0 Å². The molecule has 0 heterocycles. The molecule has 216 valence electrons. The molecule has 0 atom stereocenters. The van der Waals surface area contributed by atoms with E-state index in [0.29, 0.717) is 41.4 Å². The van der Waals surface area contributed by atoms with Gasteiger partial charge in [-0.3, -0.25) is 0 Å². The topological polar surface area (TPSA) is 91.3 Å². The number of ether oxygens (including phenoxy) is 4. The van der Waals surface area contributed by atoms with E-state index in [4.69, 9.17) is 18.9 Å². The van der Waals surface area contributed by atoms with Gasteiger partial charge in [-0.05, 0) is 74.3 Å². The van der Waals surface area contributed by atoms with Crippen molar-refractivity contribution < 1.29 is 33.6 Å². The van der Waals surface area contributed by atoms with Crippen molar-refractivity contribution in [3.8, 4) is 22.6 Å². The molecule has 0 amide bonds. The Bertz CT molecular complexity index is 1100. The Morgan fingerprint density at radius 3 is 1.82 bits per heavy atom. The first kappa shape index (κ1) is 31.0. The highest BCUT2D eigenvalue weighted by molar-refractivity contribution is 5.87. The van der Waals surface area contributed by atoms with Crippen LogP contribution >= 0.6 is 0 Å². The van der Waals surface area contributed by atoms with E-state index in [1.807, 2.05) is 12.1 Å². The molecular weight excluding hydrogens is 508 g/mol. The van der Waals surface area contributed by atoms with Gasteiger partial charge >= 0.3 is 11.9 Å².